The highest BCUT2D eigenvalue weighted by Gasteiger charge is 2.43. The van der Waals surface area contributed by atoms with Crippen molar-refractivity contribution in [3.05, 3.63) is 35.9 Å². The first-order valence-electron chi connectivity index (χ1n) is 13.1. The van der Waals surface area contributed by atoms with Crippen molar-refractivity contribution in [1.82, 2.24) is 31.9 Å². The van der Waals surface area contributed by atoms with Crippen molar-refractivity contribution in [2.24, 2.45) is 5.73 Å². The number of amides is 4. The predicted octanol–water partition coefficient (Wildman–Crippen LogP) is -4.82. The number of carboxylic acid groups (broad SMARTS) is 1. The first-order valence-corrected chi connectivity index (χ1v) is 13.1. The van der Waals surface area contributed by atoms with Crippen LogP contribution in [0.2, 0.25) is 0 Å². The zero-order valence-corrected chi connectivity index (χ0v) is 22.8. The van der Waals surface area contributed by atoms with Crippen molar-refractivity contribution in [3.63, 3.8) is 0 Å². The molecule has 17 heteroatoms. The summed E-state index contributed by atoms with van der Waals surface area (Å²) in [7, 11) is 0. The summed E-state index contributed by atoms with van der Waals surface area (Å²) >= 11 is 0. The van der Waals surface area contributed by atoms with Gasteiger partial charge in [0.25, 0.3) is 5.91 Å². The molecule has 0 radical (unpaired) electrons. The Hall–Kier alpha value is -4.32. The average molecular weight is 595 g/mol. The number of carboxylic acids is 1. The van der Waals surface area contributed by atoms with Gasteiger partial charge in [0.15, 0.2) is 11.5 Å². The second-order valence-electron chi connectivity index (χ2n) is 9.73. The van der Waals surface area contributed by atoms with Gasteiger partial charge >= 0.3 is 5.97 Å². The Bertz CT molecular complexity index is 1120. The summed E-state index contributed by atoms with van der Waals surface area (Å²) in [5.74, 6) is -5.60. The first-order chi connectivity index (χ1) is 19.9. The Balaban J connectivity index is 2.47. The second kappa shape index (κ2) is 16.2. The van der Waals surface area contributed by atoms with E-state index in [0.29, 0.717) is 5.56 Å². The van der Waals surface area contributed by atoms with E-state index in [2.05, 4.69) is 31.9 Å². The fraction of sp³-hybridized carbons (Fsp3) is 0.520. The largest absolute Gasteiger partial charge is 0.481 e. The molecule has 17 nitrogen and oxygen atoms in total. The zero-order valence-electron chi connectivity index (χ0n) is 22.8. The van der Waals surface area contributed by atoms with Crippen LogP contribution in [0.4, 0.5) is 0 Å². The van der Waals surface area contributed by atoms with Gasteiger partial charge in [-0.2, -0.15) is 0 Å². The Morgan fingerprint density at radius 1 is 1.00 bits per heavy atom. The lowest BCUT2D eigenvalue weighted by Crippen LogP contribution is -2.68. The topological polar surface area (TPSA) is 288 Å². The maximum absolute atomic E-state index is 13.5. The number of aliphatic hydroxyl groups is 3. The van der Waals surface area contributed by atoms with Crippen LogP contribution in [0.5, 0.6) is 0 Å². The molecular formula is C25H38N8O9. The van der Waals surface area contributed by atoms with Crippen LogP contribution in [-0.2, 0) is 30.4 Å². The number of rotatable bonds is 10. The number of guanidine groups is 1. The van der Waals surface area contributed by atoms with Crippen molar-refractivity contribution < 1.29 is 44.4 Å². The molecule has 0 aromatic heterocycles. The average Bonchev–Trinajstić information content (AvgIpc) is 2.95. The second-order valence-corrected chi connectivity index (χ2v) is 9.73. The van der Waals surface area contributed by atoms with Gasteiger partial charge in [-0.25, -0.2) is 0 Å². The molecule has 1 unspecified atom stereocenters. The van der Waals surface area contributed by atoms with Gasteiger partial charge in [-0.05, 0) is 18.4 Å². The third-order valence-corrected chi connectivity index (χ3v) is 6.42. The van der Waals surface area contributed by atoms with E-state index >= 15 is 0 Å². The highest BCUT2D eigenvalue weighted by Crippen LogP contribution is 2.11. The molecule has 1 fully saturated rings. The van der Waals surface area contributed by atoms with Crippen LogP contribution in [0, 0.1) is 5.41 Å². The molecule has 0 saturated carbocycles. The molecule has 2 rings (SSSR count). The highest BCUT2D eigenvalue weighted by atomic mass is 16.4. The lowest BCUT2D eigenvalue weighted by molar-refractivity contribution is -0.142. The van der Waals surface area contributed by atoms with Crippen molar-refractivity contribution in [3.8, 4) is 0 Å². The third kappa shape index (κ3) is 10.3. The number of carbonyl (C=O) groups excluding carboxylic acids is 4. The van der Waals surface area contributed by atoms with Crippen LogP contribution in [0.3, 0.4) is 0 Å². The minimum absolute atomic E-state index is 0.0272. The SMILES string of the molecule is N=C(N)NCCC[C@@H]1NC(=O)C(CO)(CO)NC(=O)[C@@H](Cc2ccccc2)NC(=O)[C@H](CC(=O)O)NC(O)CNC1=O. The van der Waals surface area contributed by atoms with Gasteiger partial charge in [0.2, 0.25) is 17.7 Å². The van der Waals surface area contributed by atoms with Crippen LogP contribution in [0.15, 0.2) is 30.3 Å². The maximum Gasteiger partial charge on any atom is 0.305 e. The fourth-order valence-corrected chi connectivity index (χ4v) is 4.09. The molecule has 13 N–H and O–H groups in total. The van der Waals surface area contributed by atoms with Gasteiger partial charge in [-0.15, -0.1) is 0 Å². The summed E-state index contributed by atoms with van der Waals surface area (Å²) in [6, 6.07) is 4.15. The van der Waals surface area contributed by atoms with E-state index in [1.165, 1.54) is 0 Å². The number of nitrogens with one attached hydrogen (secondary N) is 7. The molecule has 1 aliphatic heterocycles. The minimum Gasteiger partial charge on any atom is -0.481 e. The van der Waals surface area contributed by atoms with Crippen molar-refractivity contribution in [1.29, 1.82) is 5.41 Å². The van der Waals surface area contributed by atoms with Gasteiger partial charge in [0, 0.05) is 13.0 Å². The molecule has 1 aromatic carbocycles. The standard InChI is InChI=1S/C25H38N8O9/c26-24(27)28-8-4-7-15-20(39)29-11-18(36)30-17(10-19(37)38)21(40)31-16(9-14-5-2-1-3-6-14)22(41)33-25(12-34,13-35)23(42)32-15/h1-3,5-6,15-18,30,34-36H,4,7-13H2,(H,29,39)(H,31,40)(H,32,42)(H,33,41)(H,37,38)(H4,26,27,28)/t15-,16+,17-,18?/m0/s1. The van der Waals surface area contributed by atoms with E-state index < -0.39 is 85.7 Å². The number of hydrogen-bond donors (Lipinski definition) is 12. The molecule has 1 saturated heterocycles. The van der Waals surface area contributed by atoms with Gasteiger partial charge < -0.3 is 52.7 Å². The van der Waals surface area contributed by atoms with Crippen molar-refractivity contribution >= 4 is 35.6 Å². The lowest BCUT2D eigenvalue weighted by atomic mass is 9.97. The van der Waals surface area contributed by atoms with E-state index in [9.17, 15) is 44.4 Å². The summed E-state index contributed by atoms with van der Waals surface area (Å²) in [6.45, 7) is -2.52. The molecule has 42 heavy (non-hydrogen) atoms. The summed E-state index contributed by atoms with van der Waals surface area (Å²) in [4.78, 5) is 64.4. The van der Waals surface area contributed by atoms with E-state index in [1.54, 1.807) is 30.3 Å². The minimum atomic E-state index is -2.33. The summed E-state index contributed by atoms with van der Waals surface area (Å²) in [5.41, 5.74) is 3.51. The van der Waals surface area contributed by atoms with Crippen LogP contribution in [-0.4, -0.2) is 112 Å². The third-order valence-electron chi connectivity index (χ3n) is 6.42. The number of nitrogens with two attached hydrogens (primary N) is 1. The molecule has 1 aliphatic rings. The molecule has 0 aliphatic carbocycles. The van der Waals surface area contributed by atoms with E-state index in [0.717, 1.165) is 0 Å². The summed E-state index contributed by atoms with van der Waals surface area (Å²) in [6.07, 6.45) is -2.34. The quantitative estimate of drug-likeness (QED) is 0.0690. The monoisotopic (exact) mass is 594 g/mol. The van der Waals surface area contributed by atoms with Gasteiger partial charge in [-0.3, -0.25) is 34.7 Å². The van der Waals surface area contributed by atoms with E-state index in [1.807, 2.05) is 0 Å². The Kier molecular flexibility index (Phi) is 13.1. The van der Waals surface area contributed by atoms with Crippen LogP contribution >= 0.6 is 0 Å². The van der Waals surface area contributed by atoms with Crippen LogP contribution < -0.4 is 37.6 Å². The predicted molar refractivity (Wildman–Crippen MR) is 146 cm³/mol. The molecule has 232 valence electrons. The van der Waals surface area contributed by atoms with Gasteiger partial charge in [-0.1, -0.05) is 30.3 Å². The van der Waals surface area contributed by atoms with Crippen molar-refractivity contribution in [2.45, 2.75) is 55.6 Å². The number of hydrogen-bond acceptors (Lipinski definition) is 10. The molecule has 0 spiro atoms. The smallest absolute Gasteiger partial charge is 0.305 e. The van der Waals surface area contributed by atoms with E-state index in [-0.39, 0.29) is 31.8 Å². The molecule has 0 bridgehead atoms. The summed E-state index contributed by atoms with van der Waals surface area (Å²) in [5, 5.41) is 61.7. The van der Waals surface area contributed by atoms with Crippen LogP contribution in [0.25, 0.3) is 0 Å². The summed E-state index contributed by atoms with van der Waals surface area (Å²) < 4.78 is 0. The van der Waals surface area contributed by atoms with Crippen LogP contribution in [0.1, 0.15) is 24.8 Å². The van der Waals surface area contributed by atoms with E-state index in [4.69, 9.17) is 11.1 Å². The number of aliphatic hydroxyl groups excluding tert-OH is 3. The molecule has 4 atom stereocenters. The fourth-order valence-electron chi connectivity index (χ4n) is 4.09. The molecular weight excluding hydrogens is 556 g/mol. The van der Waals surface area contributed by atoms with Gasteiger partial charge in [0.05, 0.1) is 32.2 Å². The Morgan fingerprint density at radius 3 is 2.26 bits per heavy atom. The van der Waals surface area contributed by atoms with Crippen molar-refractivity contribution in [2.75, 3.05) is 26.3 Å². The first kappa shape index (κ1) is 33.9. The number of benzene rings is 1. The molecule has 1 heterocycles. The van der Waals surface area contributed by atoms with Gasteiger partial charge in [0.1, 0.15) is 18.3 Å². The maximum atomic E-state index is 13.5. The Labute approximate surface area is 241 Å². The number of aliphatic carboxylic acids is 1. The molecule has 4 amide bonds. The zero-order chi connectivity index (χ0) is 31.3. The lowest BCUT2D eigenvalue weighted by Gasteiger charge is -2.33. The Morgan fingerprint density at radius 2 is 1.67 bits per heavy atom. The number of β-amino-alcohol motifs (C(OH)–C–C–N with tert-alkyl or cyclic N) is 1. The molecule has 1 aromatic rings. The highest BCUT2D eigenvalue weighted by molar-refractivity contribution is 5.97. The normalized spacial score (nSPS) is 23.7. The number of carbonyl (C=O) groups is 5.